The summed E-state index contributed by atoms with van der Waals surface area (Å²) >= 11 is 0. The van der Waals surface area contributed by atoms with Crippen LogP contribution in [0.2, 0.25) is 0 Å². The molecule has 1 amide bonds. The molecule has 3 heterocycles. The number of rotatable bonds is 4. The average molecular weight is 380 g/mol. The lowest BCUT2D eigenvalue weighted by Crippen LogP contribution is -2.48. The Balaban J connectivity index is 1.31. The fourth-order valence-electron chi connectivity index (χ4n) is 4.00. The number of hydrogen-bond donors (Lipinski definition) is 0. The van der Waals surface area contributed by atoms with E-state index in [0.717, 1.165) is 51.8 Å². The Morgan fingerprint density at radius 1 is 0.821 bits per heavy atom. The molecule has 148 valence electrons. The van der Waals surface area contributed by atoms with Gasteiger partial charge in [0.25, 0.3) is 5.91 Å². The largest absolute Gasteiger partial charge is 0.341 e. The van der Waals surface area contributed by atoms with E-state index < -0.39 is 0 Å². The second-order valence-corrected chi connectivity index (χ2v) is 7.73. The Morgan fingerprint density at radius 2 is 1.46 bits per heavy atom. The monoisotopic (exact) mass is 379 g/mol. The summed E-state index contributed by atoms with van der Waals surface area (Å²) in [6.45, 7) is 6.25. The molecular formula is C22H29N5O. The molecule has 0 unspecified atom stereocenters. The van der Waals surface area contributed by atoms with Gasteiger partial charge in [-0.05, 0) is 18.4 Å². The van der Waals surface area contributed by atoms with E-state index in [-0.39, 0.29) is 5.91 Å². The number of aromatic nitrogens is 2. The van der Waals surface area contributed by atoms with Crippen molar-refractivity contribution in [1.82, 2.24) is 19.8 Å². The number of carbonyl (C=O) groups excluding carboxylic acids is 1. The summed E-state index contributed by atoms with van der Waals surface area (Å²) in [7, 11) is 0. The van der Waals surface area contributed by atoms with Gasteiger partial charge in [0.15, 0.2) is 0 Å². The van der Waals surface area contributed by atoms with Gasteiger partial charge < -0.3 is 9.80 Å². The summed E-state index contributed by atoms with van der Waals surface area (Å²) in [5.41, 5.74) is 1.91. The van der Waals surface area contributed by atoms with Crippen molar-refractivity contribution in [2.24, 2.45) is 0 Å². The molecule has 0 atom stereocenters. The van der Waals surface area contributed by atoms with Crippen molar-refractivity contribution in [3.05, 3.63) is 53.9 Å². The molecule has 2 saturated heterocycles. The van der Waals surface area contributed by atoms with Crippen LogP contribution in [-0.2, 0) is 6.54 Å². The maximum absolute atomic E-state index is 12.8. The molecule has 2 aliphatic rings. The van der Waals surface area contributed by atoms with Gasteiger partial charge >= 0.3 is 0 Å². The first-order valence-corrected chi connectivity index (χ1v) is 10.4. The lowest BCUT2D eigenvalue weighted by molar-refractivity contribution is 0.0627. The standard InChI is InChI=1S/C22H29N5O/c28-21(20-16-23-22(24-17-20)27-10-6-1-2-7-11-27)26-14-12-25(13-15-26)18-19-8-4-3-5-9-19/h3-5,8-9,16-17H,1-2,6-7,10-15,18H2. The van der Waals surface area contributed by atoms with Crippen molar-refractivity contribution < 1.29 is 4.79 Å². The van der Waals surface area contributed by atoms with Crippen LogP contribution in [0, 0.1) is 0 Å². The average Bonchev–Trinajstić information content (AvgIpc) is 3.04. The minimum atomic E-state index is 0.0433. The molecule has 1 aromatic carbocycles. The maximum atomic E-state index is 12.8. The summed E-state index contributed by atoms with van der Waals surface area (Å²) in [5.74, 6) is 0.799. The molecule has 2 aliphatic heterocycles. The third-order valence-corrected chi connectivity index (χ3v) is 5.68. The second kappa shape index (κ2) is 9.15. The van der Waals surface area contributed by atoms with Crippen molar-refractivity contribution in [3.8, 4) is 0 Å². The van der Waals surface area contributed by atoms with Crippen LogP contribution in [0.3, 0.4) is 0 Å². The molecule has 2 aromatic rings. The Hall–Kier alpha value is -2.47. The van der Waals surface area contributed by atoms with Gasteiger partial charge in [0.05, 0.1) is 5.56 Å². The van der Waals surface area contributed by atoms with Gasteiger partial charge in [-0.15, -0.1) is 0 Å². The molecule has 0 saturated carbocycles. The third-order valence-electron chi connectivity index (χ3n) is 5.68. The first-order valence-electron chi connectivity index (χ1n) is 10.4. The molecule has 6 nitrogen and oxygen atoms in total. The van der Waals surface area contributed by atoms with E-state index in [9.17, 15) is 4.79 Å². The van der Waals surface area contributed by atoms with Crippen molar-refractivity contribution in [1.29, 1.82) is 0 Å². The number of carbonyl (C=O) groups is 1. The number of nitrogens with zero attached hydrogens (tertiary/aromatic N) is 5. The molecule has 4 rings (SSSR count). The molecule has 2 fully saturated rings. The number of hydrogen-bond acceptors (Lipinski definition) is 5. The number of amides is 1. The summed E-state index contributed by atoms with van der Waals surface area (Å²) < 4.78 is 0. The molecule has 0 N–H and O–H groups in total. The molecule has 0 spiro atoms. The molecule has 6 heteroatoms. The quantitative estimate of drug-likeness (QED) is 0.818. The van der Waals surface area contributed by atoms with Crippen LogP contribution in [0.25, 0.3) is 0 Å². The molecule has 1 aromatic heterocycles. The van der Waals surface area contributed by atoms with Gasteiger partial charge in [-0.3, -0.25) is 9.69 Å². The van der Waals surface area contributed by atoms with Crippen molar-refractivity contribution in [2.45, 2.75) is 32.2 Å². The number of benzene rings is 1. The fraction of sp³-hybridized carbons (Fsp3) is 0.500. The first kappa shape index (κ1) is 18.9. The zero-order chi connectivity index (χ0) is 19.2. The van der Waals surface area contributed by atoms with Crippen LogP contribution in [-0.4, -0.2) is 64.9 Å². The van der Waals surface area contributed by atoms with Crippen molar-refractivity contribution >= 4 is 11.9 Å². The van der Waals surface area contributed by atoms with E-state index in [4.69, 9.17) is 0 Å². The Bertz CT molecular complexity index is 748. The summed E-state index contributed by atoms with van der Waals surface area (Å²) in [6.07, 6.45) is 8.35. The lowest BCUT2D eigenvalue weighted by Gasteiger charge is -2.34. The van der Waals surface area contributed by atoms with E-state index in [0.29, 0.717) is 5.56 Å². The normalized spacial score (nSPS) is 18.7. The predicted octanol–water partition coefficient (Wildman–Crippen LogP) is 2.82. The van der Waals surface area contributed by atoms with Crippen LogP contribution in [0.1, 0.15) is 41.6 Å². The van der Waals surface area contributed by atoms with E-state index in [1.807, 2.05) is 11.0 Å². The fourth-order valence-corrected chi connectivity index (χ4v) is 4.00. The molecule has 0 aliphatic carbocycles. The van der Waals surface area contributed by atoms with E-state index in [1.165, 1.54) is 31.2 Å². The van der Waals surface area contributed by atoms with Gasteiger partial charge in [0.2, 0.25) is 5.95 Å². The lowest BCUT2D eigenvalue weighted by atomic mass is 10.2. The minimum Gasteiger partial charge on any atom is -0.341 e. The molecule has 0 bridgehead atoms. The zero-order valence-corrected chi connectivity index (χ0v) is 16.5. The van der Waals surface area contributed by atoms with Crippen LogP contribution in [0.15, 0.2) is 42.7 Å². The van der Waals surface area contributed by atoms with Crippen molar-refractivity contribution in [3.63, 3.8) is 0 Å². The summed E-state index contributed by atoms with van der Waals surface area (Å²) in [6, 6.07) is 10.5. The zero-order valence-electron chi connectivity index (χ0n) is 16.5. The Morgan fingerprint density at radius 3 is 2.11 bits per heavy atom. The first-order chi connectivity index (χ1) is 13.8. The highest BCUT2D eigenvalue weighted by Gasteiger charge is 2.23. The highest BCUT2D eigenvalue weighted by Crippen LogP contribution is 2.16. The van der Waals surface area contributed by atoms with Crippen molar-refractivity contribution in [2.75, 3.05) is 44.2 Å². The molecule has 28 heavy (non-hydrogen) atoms. The van der Waals surface area contributed by atoms with Gasteiger partial charge in [-0.2, -0.15) is 0 Å². The summed E-state index contributed by atoms with van der Waals surface area (Å²) in [5, 5.41) is 0. The Labute approximate surface area is 167 Å². The van der Waals surface area contributed by atoms with E-state index in [1.54, 1.807) is 12.4 Å². The van der Waals surface area contributed by atoms with E-state index in [2.05, 4.69) is 44.0 Å². The van der Waals surface area contributed by atoms with E-state index >= 15 is 0 Å². The number of piperazine rings is 1. The molecule has 0 radical (unpaired) electrons. The smallest absolute Gasteiger partial charge is 0.257 e. The predicted molar refractivity (Wildman–Crippen MR) is 110 cm³/mol. The Kier molecular flexibility index (Phi) is 6.17. The number of anilines is 1. The second-order valence-electron chi connectivity index (χ2n) is 7.73. The van der Waals surface area contributed by atoms with Crippen LogP contribution >= 0.6 is 0 Å². The van der Waals surface area contributed by atoms with Gasteiger partial charge in [0.1, 0.15) is 0 Å². The SMILES string of the molecule is O=C(c1cnc(N2CCCCCC2)nc1)N1CCN(Cc2ccccc2)CC1. The van der Waals surface area contributed by atoms with Crippen LogP contribution in [0.5, 0.6) is 0 Å². The highest BCUT2D eigenvalue weighted by atomic mass is 16.2. The molecular weight excluding hydrogens is 350 g/mol. The van der Waals surface area contributed by atoms with Gasteiger partial charge in [-0.25, -0.2) is 9.97 Å². The maximum Gasteiger partial charge on any atom is 0.257 e. The third kappa shape index (κ3) is 4.68. The minimum absolute atomic E-state index is 0.0433. The van der Waals surface area contributed by atoms with Gasteiger partial charge in [-0.1, -0.05) is 43.2 Å². The topological polar surface area (TPSA) is 52.6 Å². The van der Waals surface area contributed by atoms with Crippen LogP contribution < -0.4 is 4.90 Å². The van der Waals surface area contributed by atoms with Gasteiger partial charge in [0, 0.05) is 58.2 Å². The van der Waals surface area contributed by atoms with Crippen LogP contribution in [0.4, 0.5) is 5.95 Å². The highest BCUT2D eigenvalue weighted by molar-refractivity contribution is 5.93. The summed E-state index contributed by atoms with van der Waals surface area (Å²) in [4.78, 5) is 28.4.